The van der Waals surface area contributed by atoms with E-state index in [9.17, 15) is 4.79 Å². The number of hydrogen-bond donors (Lipinski definition) is 1. The molecule has 4 heteroatoms. The maximum Gasteiger partial charge on any atom is 0.308 e. The summed E-state index contributed by atoms with van der Waals surface area (Å²) >= 11 is 0. The molecule has 0 radical (unpaired) electrons. The summed E-state index contributed by atoms with van der Waals surface area (Å²) in [5, 5.41) is 3.28. The van der Waals surface area contributed by atoms with Crippen molar-refractivity contribution in [2.75, 3.05) is 19.7 Å². The maximum absolute atomic E-state index is 11.3. The summed E-state index contributed by atoms with van der Waals surface area (Å²) in [6.07, 6.45) is 3.65. The first-order valence-electron chi connectivity index (χ1n) is 6.24. The minimum absolute atomic E-state index is 0.0198. The highest BCUT2D eigenvalue weighted by Gasteiger charge is 2.14. The summed E-state index contributed by atoms with van der Waals surface area (Å²) in [6.45, 7) is 6.43. The average Bonchev–Trinajstić information content (AvgIpc) is 2.30. The van der Waals surface area contributed by atoms with E-state index in [1.807, 2.05) is 13.8 Å². The lowest BCUT2D eigenvalue weighted by atomic mass is 10.1. The monoisotopic (exact) mass is 229 g/mol. The Morgan fingerprint density at radius 1 is 1.44 bits per heavy atom. The number of hydrogen-bond acceptors (Lipinski definition) is 4. The average molecular weight is 229 g/mol. The highest BCUT2D eigenvalue weighted by atomic mass is 16.5. The molecule has 4 nitrogen and oxygen atoms in total. The number of esters is 1. The molecule has 0 saturated carbocycles. The molecule has 0 aromatic carbocycles. The fourth-order valence-electron chi connectivity index (χ4n) is 1.64. The quantitative estimate of drug-likeness (QED) is 0.701. The topological polar surface area (TPSA) is 47.6 Å². The van der Waals surface area contributed by atoms with E-state index < -0.39 is 0 Å². The second-order valence-corrected chi connectivity index (χ2v) is 4.28. The fourth-order valence-corrected chi connectivity index (χ4v) is 1.64. The Balaban J connectivity index is 2.03. The highest BCUT2D eigenvalue weighted by Crippen LogP contribution is 2.08. The zero-order valence-corrected chi connectivity index (χ0v) is 10.3. The Labute approximate surface area is 97.7 Å². The molecule has 0 aromatic rings. The largest absolute Gasteiger partial charge is 0.463 e. The molecule has 1 heterocycles. The Morgan fingerprint density at radius 2 is 2.12 bits per heavy atom. The van der Waals surface area contributed by atoms with Crippen LogP contribution in [0.5, 0.6) is 0 Å². The molecular weight excluding hydrogens is 206 g/mol. The first-order chi connectivity index (χ1) is 7.72. The lowest BCUT2D eigenvalue weighted by molar-refractivity contribution is -0.150. The van der Waals surface area contributed by atoms with Crippen molar-refractivity contribution in [3.63, 3.8) is 0 Å². The van der Waals surface area contributed by atoms with Gasteiger partial charge in [0.2, 0.25) is 0 Å². The number of piperidine rings is 1. The van der Waals surface area contributed by atoms with Crippen LogP contribution in [0.4, 0.5) is 0 Å². The van der Waals surface area contributed by atoms with E-state index >= 15 is 0 Å². The van der Waals surface area contributed by atoms with Crippen LogP contribution in [0, 0.1) is 0 Å². The lowest BCUT2D eigenvalue weighted by Crippen LogP contribution is -2.33. The van der Waals surface area contributed by atoms with Crippen LogP contribution in [0.2, 0.25) is 0 Å². The van der Waals surface area contributed by atoms with Gasteiger partial charge in [-0.05, 0) is 39.3 Å². The Kier molecular flexibility index (Phi) is 6.42. The third kappa shape index (κ3) is 5.47. The third-order valence-corrected chi connectivity index (χ3v) is 2.85. The summed E-state index contributed by atoms with van der Waals surface area (Å²) in [5.74, 6) is -0.150. The van der Waals surface area contributed by atoms with Crippen LogP contribution in [0.15, 0.2) is 0 Å². The fraction of sp³-hybridized carbons (Fsp3) is 0.917. The van der Waals surface area contributed by atoms with Crippen molar-refractivity contribution >= 4 is 5.97 Å². The predicted octanol–water partition coefficient (Wildman–Crippen LogP) is 1.49. The molecular formula is C12H23NO3. The van der Waals surface area contributed by atoms with Gasteiger partial charge in [0.05, 0.1) is 25.2 Å². The summed E-state index contributed by atoms with van der Waals surface area (Å²) in [7, 11) is 0. The first-order valence-corrected chi connectivity index (χ1v) is 6.24. The number of carbonyl (C=O) groups is 1. The molecule has 0 bridgehead atoms. The van der Waals surface area contributed by atoms with E-state index in [0.29, 0.717) is 19.1 Å². The van der Waals surface area contributed by atoms with Crippen LogP contribution < -0.4 is 5.32 Å². The minimum Gasteiger partial charge on any atom is -0.463 e. The van der Waals surface area contributed by atoms with Crippen LogP contribution >= 0.6 is 0 Å². The Morgan fingerprint density at radius 3 is 2.75 bits per heavy atom. The van der Waals surface area contributed by atoms with Gasteiger partial charge in [0.25, 0.3) is 0 Å². The van der Waals surface area contributed by atoms with E-state index in [0.717, 1.165) is 32.4 Å². The Bertz CT molecular complexity index is 202. The van der Waals surface area contributed by atoms with Crippen LogP contribution in [-0.2, 0) is 14.3 Å². The molecule has 16 heavy (non-hydrogen) atoms. The van der Waals surface area contributed by atoms with Crippen LogP contribution in [-0.4, -0.2) is 37.9 Å². The first kappa shape index (κ1) is 13.5. The molecule has 1 aliphatic rings. The van der Waals surface area contributed by atoms with Crippen LogP contribution in [0.1, 0.15) is 39.5 Å². The SMILES string of the molecule is CCC(C)OC(=O)CCOC1CCNCC1. The molecule has 1 unspecified atom stereocenters. The zero-order valence-electron chi connectivity index (χ0n) is 10.3. The maximum atomic E-state index is 11.3. The molecule has 94 valence electrons. The van der Waals surface area contributed by atoms with Gasteiger partial charge in [-0.15, -0.1) is 0 Å². The third-order valence-electron chi connectivity index (χ3n) is 2.85. The van der Waals surface area contributed by atoms with E-state index in [1.165, 1.54) is 0 Å². The van der Waals surface area contributed by atoms with Gasteiger partial charge in [-0.3, -0.25) is 4.79 Å². The van der Waals surface area contributed by atoms with E-state index in [4.69, 9.17) is 9.47 Å². The van der Waals surface area contributed by atoms with Gasteiger partial charge < -0.3 is 14.8 Å². The van der Waals surface area contributed by atoms with Gasteiger partial charge >= 0.3 is 5.97 Å². The highest BCUT2D eigenvalue weighted by molar-refractivity contribution is 5.69. The summed E-state index contributed by atoms with van der Waals surface area (Å²) < 4.78 is 10.8. The van der Waals surface area contributed by atoms with Crippen molar-refractivity contribution in [3.8, 4) is 0 Å². The standard InChI is InChI=1S/C12H23NO3/c1-3-10(2)16-12(14)6-9-15-11-4-7-13-8-5-11/h10-11,13H,3-9H2,1-2H3. The number of nitrogens with one attached hydrogen (secondary N) is 1. The number of carbonyl (C=O) groups excluding carboxylic acids is 1. The number of ether oxygens (including phenoxy) is 2. The summed E-state index contributed by atoms with van der Waals surface area (Å²) in [5.41, 5.74) is 0. The molecule has 0 aromatic heterocycles. The lowest BCUT2D eigenvalue weighted by Gasteiger charge is -2.22. The van der Waals surface area contributed by atoms with Crippen molar-refractivity contribution in [3.05, 3.63) is 0 Å². The van der Waals surface area contributed by atoms with E-state index in [2.05, 4.69) is 5.32 Å². The zero-order chi connectivity index (χ0) is 11.8. The number of rotatable bonds is 6. The predicted molar refractivity (Wildman–Crippen MR) is 62.3 cm³/mol. The van der Waals surface area contributed by atoms with Crippen LogP contribution in [0.25, 0.3) is 0 Å². The van der Waals surface area contributed by atoms with Crippen molar-refractivity contribution in [1.82, 2.24) is 5.32 Å². The van der Waals surface area contributed by atoms with Gasteiger partial charge in [0.15, 0.2) is 0 Å². The molecule has 0 spiro atoms. The summed E-state index contributed by atoms with van der Waals surface area (Å²) in [6, 6.07) is 0. The molecule has 1 fully saturated rings. The molecule has 1 N–H and O–H groups in total. The molecule has 0 amide bonds. The van der Waals surface area contributed by atoms with Gasteiger partial charge in [0, 0.05) is 0 Å². The van der Waals surface area contributed by atoms with Crippen molar-refractivity contribution < 1.29 is 14.3 Å². The second-order valence-electron chi connectivity index (χ2n) is 4.28. The van der Waals surface area contributed by atoms with Gasteiger partial charge in [-0.25, -0.2) is 0 Å². The molecule has 1 aliphatic heterocycles. The molecule has 1 saturated heterocycles. The van der Waals surface area contributed by atoms with Gasteiger partial charge in [0.1, 0.15) is 0 Å². The minimum atomic E-state index is -0.150. The summed E-state index contributed by atoms with van der Waals surface area (Å²) in [4.78, 5) is 11.3. The van der Waals surface area contributed by atoms with E-state index in [-0.39, 0.29) is 12.1 Å². The normalized spacial score (nSPS) is 19.4. The van der Waals surface area contributed by atoms with Crippen molar-refractivity contribution in [2.45, 2.75) is 51.7 Å². The Hall–Kier alpha value is -0.610. The second kappa shape index (κ2) is 7.63. The van der Waals surface area contributed by atoms with Crippen molar-refractivity contribution in [2.24, 2.45) is 0 Å². The van der Waals surface area contributed by atoms with Gasteiger partial charge in [-0.1, -0.05) is 6.92 Å². The molecule has 1 atom stereocenters. The van der Waals surface area contributed by atoms with E-state index in [1.54, 1.807) is 0 Å². The van der Waals surface area contributed by atoms with Gasteiger partial charge in [-0.2, -0.15) is 0 Å². The molecule has 1 rings (SSSR count). The molecule has 0 aliphatic carbocycles. The van der Waals surface area contributed by atoms with Crippen molar-refractivity contribution in [1.29, 1.82) is 0 Å². The smallest absolute Gasteiger partial charge is 0.308 e. The van der Waals surface area contributed by atoms with Crippen LogP contribution in [0.3, 0.4) is 0 Å².